The Hall–Kier alpha value is -3.27. The smallest absolute Gasteiger partial charge is 0.255 e. The summed E-state index contributed by atoms with van der Waals surface area (Å²) in [4.78, 5) is 21.3. The third-order valence-corrected chi connectivity index (χ3v) is 7.50. The quantitative estimate of drug-likeness (QED) is 0.348. The van der Waals surface area contributed by atoms with Gasteiger partial charge >= 0.3 is 0 Å². The van der Waals surface area contributed by atoms with Gasteiger partial charge in [-0.05, 0) is 45.0 Å². The predicted octanol–water partition coefficient (Wildman–Crippen LogP) is 4.26. The average molecular weight is 526 g/mol. The number of ether oxygens (including phenoxy) is 3. The Labute approximate surface area is 221 Å². The first-order valence-corrected chi connectivity index (χ1v) is 12.6. The van der Waals surface area contributed by atoms with E-state index in [2.05, 4.69) is 25.9 Å². The molecule has 1 amide bonds. The van der Waals surface area contributed by atoms with Crippen molar-refractivity contribution in [3.63, 3.8) is 0 Å². The van der Waals surface area contributed by atoms with Crippen LogP contribution >= 0.6 is 11.6 Å². The van der Waals surface area contributed by atoms with Gasteiger partial charge < -0.3 is 35.1 Å². The molecule has 2 aliphatic rings. The zero-order valence-electron chi connectivity index (χ0n) is 21.5. The number of fused-ring (bicyclic) bond motifs is 2. The molecule has 9 nitrogen and oxygen atoms in total. The van der Waals surface area contributed by atoms with E-state index in [0.29, 0.717) is 46.6 Å². The highest BCUT2D eigenvalue weighted by Crippen LogP contribution is 2.47. The SMILES string of the molecule is COc1c(Cl)cccc1Nc1c(-c2ccncc2OCC(C)(C)OC)[nH]c2c1C(=O)NC[C@@]21CCNC1. The molecule has 196 valence electrons. The predicted molar refractivity (Wildman–Crippen MR) is 143 cm³/mol. The van der Waals surface area contributed by atoms with Gasteiger partial charge in [-0.1, -0.05) is 17.7 Å². The van der Waals surface area contributed by atoms with Crippen molar-refractivity contribution in [3.05, 3.63) is 52.9 Å². The van der Waals surface area contributed by atoms with Gasteiger partial charge in [-0.3, -0.25) is 9.78 Å². The van der Waals surface area contributed by atoms with Crippen molar-refractivity contribution in [1.29, 1.82) is 0 Å². The number of aromatic amines is 1. The van der Waals surface area contributed by atoms with Crippen LogP contribution in [0.25, 0.3) is 11.3 Å². The lowest BCUT2D eigenvalue weighted by Gasteiger charge is -2.33. The molecule has 37 heavy (non-hydrogen) atoms. The van der Waals surface area contributed by atoms with Gasteiger partial charge in [0.05, 0.1) is 46.6 Å². The second kappa shape index (κ2) is 9.89. The highest BCUT2D eigenvalue weighted by molar-refractivity contribution is 6.32. The van der Waals surface area contributed by atoms with Crippen LogP contribution in [0.5, 0.6) is 11.5 Å². The fourth-order valence-corrected chi connectivity index (χ4v) is 5.20. The number of methoxy groups -OCH3 is 2. The molecule has 2 aliphatic heterocycles. The topological polar surface area (TPSA) is 110 Å². The number of nitrogens with one attached hydrogen (secondary N) is 4. The van der Waals surface area contributed by atoms with E-state index in [1.54, 1.807) is 32.7 Å². The van der Waals surface area contributed by atoms with E-state index in [4.69, 9.17) is 25.8 Å². The summed E-state index contributed by atoms with van der Waals surface area (Å²) in [5.74, 6) is 0.925. The van der Waals surface area contributed by atoms with Crippen LogP contribution in [0.1, 0.15) is 36.3 Å². The number of pyridine rings is 1. The van der Waals surface area contributed by atoms with Gasteiger partial charge in [0.25, 0.3) is 5.91 Å². The number of nitrogens with zero attached hydrogens (tertiary/aromatic N) is 1. The summed E-state index contributed by atoms with van der Waals surface area (Å²) in [5, 5.41) is 10.5. The normalized spacial score (nSPS) is 19.0. The summed E-state index contributed by atoms with van der Waals surface area (Å²) in [5.41, 5.74) is 3.52. The average Bonchev–Trinajstić information content (AvgIpc) is 3.52. The molecule has 4 heterocycles. The Kier molecular flexibility index (Phi) is 6.78. The van der Waals surface area contributed by atoms with Gasteiger partial charge in [-0.2, -0.15) is 0 Å². The molecule has 0 radical (unpaired) electrons. The summed E-state index contributed by atoms with van der Waals surface area (Å²) < 4.78 is 17.3. The Balaban J connectivity index is 1.69. The molecule has 10 heteroatoms. The van der Waals surface area contributed by atoms with Gasteiger partial charge in [0.1, 0.15) is 12.4 Å². The second-order valence-corrected chi connectivity index (χ2v) is 10.5. The van der Waals surface area contributed by atoms with Gasteiger partial charge in [0, 0.05) is 43.1 Å². The Morgan fingerprint density at radius 1 is 1.22 bits per heavy atom. The molecule has 4 N–H and O–H groups in total. The van der Waals surface area contributed by atoms with E-state index in [1.165, 1.54) is 0 Å². The molecule has 1 spiro atoms. The standard InChI is InChI=1S/C27H32ClN5O4/c1-26(2,36-4)15-37-19-12-29-10-8-16(19)21-22(32-18-7-5-6-17(28)23(18)35-3)20-24(33-21)27(9-11-30-13-27)14-31-25(20)34/h5-8,10,12,30,32-33H,9,11,13-15H2,1-4H3,(H,31,34)/t27-/m0/s1. The van der Waals surface area contributed by atoms with Gasteiger partial charge in [0.2, 0.25) is 0 Å². The third-order valence-electron chi connectivity index (χ3n) is 7.20. The van der Waals surface area contributed by atoms with Crippen LogP contribution < -0.4 is 25.4 Å². The molecule has 0 aliphatic carbocycles. The Bertz CT molecular complexity index is 1320. The van der Waals surface area contributed by atoms with E-state index < -0.39 is 5.60 Å². The van der Waals surface area contributed by atoms with Crippen molar-refractivity contribution < 1.29 is 19.0 Å². The first kappa shape index (κ1) is 25.4. The summed E-state index contributed by atoms with van der Waals surface area (Å²) >= 11 is 6.42. The first-order valence-electron chi connectivity index (χ1n) is 12.3. The summed E-state index contributed by atoms with van der Waals surface area (Å²) in [6, 6.07) is 7.34. The first-order chi connectivity index (χ1) is 17.8. The van der Waals surface area contributed by atoms with Crippen molar-refractivity contribution in [3.8, 4) is 22.8 Å². The number of halogens is 1. The summed E-state index contributed by atoms with van der Waals surface area (Å²) in [6.45, 7) is 6.44. The molecule has 0 saturated carbocycles. The highest BCUT2D eigenvalue weighted by atomic mass is 35.5. The van der Waals surface area contributed by atoms with Crippen LogP contribution in [0.2, 0.25) is 5.02 Å². The van der Waals surface area contributed by atoms with Crippen molar-refractivity contribution in [1.82, 2.24) is 20.6 Å². The Morgan fingerprint density at radius 3 is 2.78 bits per heavy atom. The fraction of sp³-hybridized carbons (Fsp3) is 0.407. The number of H-pyrrole nitrogens is 1. The lowest BCUT2D eigenvalue weighted by Crippen LogP contribution is -2.48. The molecule has 2 aromatic heterocycles. The molecule has 1 saturated heterocycles. The molecule has 1 fully saturated rings. The number of para-hydroxylation sites is 1. The zero-order valence-corrected chi connectivity index (χ0v) is 22.2. The van der Waals surface area contributed by atoms with Gasteiger partial charge in [0.15, 0.2) is 5.75 Å². The van der Waals surface area contributed by atoms with E-state index >= 15 is 0 Å². The third kappa shape index (κ3) is 4.63. The number of rotatable bonds is 8. The van der Waals surface area contributed by atoms with Crippen molar-refractivity contribution >= 4 is 28.9 Å². The van der Waals surface area contributed by atoms with Crippen LogP contribution in [-0.2, 0) is 10.2 Å². The van der Waals surface area contributed by atoms with Crippen LogP contribution in [0.4, 0.5) is 11.4 Å². The minimum atomic E-state index is -0.489. The van der Waals surface area contributed by atoms with Crippen LogP contribution in [-0.4, -0.2) is 61.9 Å². The summed E-state index contributed by atoms with van der Waals surface area (Å²) in [7, 11) is 3.22. The fourth-order valence-electron chi connectivity index (χ4n) is 4.95. The highest BCUT2D eigenvalue weighted by Gasteiger charge is 2.45. The molecular formula is C27H32ClN5O4. The van der Waals surface area contributed by atoms with E-state index in [9.17, 15) is 4.79 Å². The number of carbonyl (C=O) groups excluding carboxylic acids is 1. The Morgan fingerprint density at radius 2 is 2.05 bits per heavy atom. The number of hydrogen-bond acceptors (Lipinski definition) is 7. The molecule has 5 rings (SSSR count). The van der Waals surface area contributed by atoms with E-state index in [0.717, 1.165) is 36.5 Å². The zero-order chi connectivity index (χ0) is 26.2. The van der Waals surface area contributed by atoms with Crippen molar-refractivity contribution in [2.45, 2.75) is 31.3 Å². The minimum Gasteiger partial charge on any atom is -0.493 e. The second-order valence-electron chi connectivity index (χ2n) is 10.1. The molecule has 3 aromatic rings. The van der Waals surface area contributed by atoms with Gasteiger partial charge in [-0.15, -0.1) is 0 Å². The monoisotopic (exact) mass is 525 g/mol. The maximum absolute atomic E-state index is 13.4. The maximum atomic E-state index is 13.4. The summed E-state index contributed by atoms with van der Waals surface area (Å²) in [6.07, 6.45) is 4.29. The van der Waals surface area contributed by atoms with Crippen molar-refractivity contribution in [2.24, 2.45) is 0 Å². The number of carbonyl (C=O) groups is 1. The van der Waals surface area contributed by atoms with Crippen LogP contribution in [0, 0.1) is 0 Å². The number of anilines is 2. The van der Waals surface area contributed by atoms with Crippen molar-refractivity contribution in [2.75, 3.05) is 45.8 Å². The lowest BCUT2D eigenvalue weighted by atomic mass is 9.79. The van der Waals surface area contributed by atoms with E-state index in [-0.39, 0.29) is 11.3 Å². The van der Waals surface area contributed by atoms with Gasteiger partial charge in [-0.25, -0.2) is 0 Å². The molecule has 0 bridgehead atoms. The van der Waals surface area contributed by atoms with E-state index in [1.807, 2.05) is 32.0 Å². The minimum absolute atomic E-state index is 0.143. The largest absolute Gasteiger partial charge is 0.493 e. The molecule has 0 unspecified atom stereocenters. The van der Waals surface area contributed by atoms with Crippen LogP contribution in [0.3, 0.4) is 0 Å². The molecule has 1 aromatic carbocycles. The maximum Gasteiger partial charge on any atom is 0.255 e. The molecular weight excluding hydrogens is 494 g/mol. The number of aromatic nitrogens is 2. The number of amides is 1. The van der Waals surface area contributed by atoms with Crippen LogP contribution in [0.15, 0.2) is 36.7 Å². The lowest BCUT2D eigenvalue weighted by molar-refractivity contribution is -0.0146. The molecule has 1 atom stereocenters. The number of hydrogen-bond donors (Lipinski definition) is 4. The number of benzene rings is 1.